The highest BCUT2D eigenvalue weighted by molar-refractivity contribution is 5.91. The number of alkyl halides is 3. The van der Waals surface area contributed by atoms with E-state index in [0.29, 0.717) is 44.8 Å². The minimum atomic E-state index is -4.16. The van der Waals surface area contributed by atoms with Crippen LogP contribution in [0.3, 0.4) is 0 Å². The van der Waals surface area contributed by atoms with Crippen molar-refractivity contribution in [3.8, 4) is 0 Å². The van der Waals surface area contributed by atoms with Crippen LogP contribution in [0, 0.1) is 18.3 Å². The van der Waals surface area contributed by atoms with Crippen LogP contribution in [0.5, 0.6) is 0 Å². The third kappa shape index (κ3) is 2.76. The molecule has 8 heteroatoms. The van der Waals surface area contributed by atoms with Crippen molar-refractivity contribution >= 4 is 16.7 Å². The van der Waals surface area contributed by atoms with Crippen molar-refractivity contribution in [3.63, 3.8) is 0 Å². The Kier molecular flexibility index (Phi) is 3.90. The number of fused-ring (bicyclic) bond motifs is 1. The van der Waals surface area contributed by atoms with Crippen molar-refractivity contribution in [3.05, 3.63) is 18.0 Å². The van der Waals surface area contributed by atoms with Gasteiger partial charge in [0.15, 0.2) is 5.65 Å². The molecule has 2 aliphatic heterocycles. The number of hydrogen-bond donors (Lipinski definition) is 1. The number of anilines is 1. The highest BCUT2D eigenvalue weighted by Crippen LogP contribution is 2.51. The van der Waals surface area contributed by atoms with E-state index < -0.39 is 17.5 Å². The molecule has 2 fully saturated rings. The number of nitrogens with zero attached hydrogens (tertiary/aromatic N) is 3. The van der Waals surface area contributed by atoms with Gasteiger partial charge in [0.25, 0.3) is 0 Å². The molecule has 136 valence electrons. The van der Waals surface area contributed by atoms with Gasteiger partial charge in [-0.2, -0.15) is 18.3 Å². The predicted octanol–water partition coefficient (Wildman–Crippen LogP) is 3.45. The maximum Gasteiger partial charge on any atom is 0.392 e. The van der Waals surface area contributed by atoms with Crippen LogP contribution in [0.15, 0.2) is 12.3 Å². The lowest BCUT2D eigenvalue weighted by molar-refractivity contribution is -0.223. The molecule has 1 N–H and O–H groups in total. The molecule has 2 aromatic heterocycles. The molecule has 0 radical (unpaired) electrons. The van der Waals surface area contributed by atoms with Gasteiger partial charge in [-0.15, -0.1) is 0 Å². The highest BCUT2D eigenvalue weighted by atomic mass is 19.4. The molecule has 4 heterocycles. The predicted molar refractivity (Wildman–Crippen MR) is 87.5 cm³/mol. The smallest absolute Gasteiger partial charge is 0.381 e. The molecule has 2 aliphatic rings. The van der Waals surface area contributed by atoms with E-state index in [4.69, 9.17) is 4.74 Å². The van der Waals surface area contributed by atoms with Crippen molar-refractivity contribution in [2.45, 2.75) is 32.4 Å². The molecule has 25 heavy (non-hydrogen) atoms. The second-order valence-corrected chi connectivity index (χ2v) is 7.16. The van der Waals surface area contributed by atoms with Gasteiger partial charge in [0.1, 0.15) is 0 Å². The first kappa shape index (κ1) is 16.6. The van der Waals surface area contributed by atoms with Crippen molar-refractivity contribution in [2.24, 2.45) is 11.3 Å². The van der Waals surface area contributed by atoms with E-state index in [2.05, 4.69) is 20.1 Å². The molecule has 0 aromatic carbocycles. The first-order valence-corrected chi connectivity index (χ1v) is 8.60. The molecule has 5 nitrogen and oxygen atoms in total. The maximum atomic E-state index is 13.7. The highest BCUT2D eigenvalue weighted by Gasteiger charge is 2.56. The number of ether oxygens (including phenoxy) is 1. The lowest BCUT2D eigenvalue weighted by atomic mass is 9.65. The maximum absolute atomic E-state index is 13.7. The van der Waals surface area contributed by atoms with Gasteiger partial charge in [-0.3, -0.25) is 5.10 Å². The number of nitrogens with one attached hydrogen (secondary N) is 1. The molecule has 0 saturated carbocycles. The summed E-state index contributed by atoms with van der Waals surface area (Å²) in [5, 5.41) is 7.99. The Labute approximate surface area is 143 Å². The Morgan fingerprint density at radius 3 is 2.80 bits per heavy atom. The molecule has 0 amide bonds. The molecule has 0 aliphatic carbocycles. The third-order valence-electron chi connectivity index (χ3n) is 5.77. The summed E-state index contributed by atoms with van der Waals surface area (Å²) >= 11 is 0. The molecule has 0 bridgehead atoms. The van der Waals surface area contributed by atoms with Crippen molar-refractivity contribution in [2.75, 3.05) is 31.2 Å². The largest absolute Gasteiger partial charge is 0.392 e. The molecule has 1 unspecified atom stereocenters. The molecule has 2 aromatic rings. The summed E-state index contributed by atoms with van der Waals surface area (Å²) in [6.07, 6.45) is -1.48. The number of aryl methyl sites for hydroxylation is 1. The Balaban J connectivity index is 1.72. The summed E-state index contributed by atoms with van der Waals surface area (Å²) in [6, 6.07) is 1.88. The minimum absolute atomic E-state index is 0.115. The first-order valence-electron chi connectivity index (χ1n) is 8.60. The Hall–Kier alpha value is -1.83. The molecular weight excluding hydrogens is 333 g/mol. The number of halogens is 3. The zero-order valence-electron chi connectivity index (χ0n) is 14.1. The Morgan fingerprint density at radius 2 is 2.08 bits per heavy atom. The van der Waals surface area contributed by atoms with Crippen molar-refractivity contribution in [1.29, 1.82) is 0 Å². The van der Waals surface area contributed by atoms with Crippen molar-refractivity contribution in [1.82, 2.24) is 15.2 Å². The Morgan fingerprint density at radius 1 is 1.32 bits per heavy atom. The average Bonchev–Trinajstić information content (AvgIpc) is 2.96. The summed E-state index contributed by atoms with van der Waals surface area (Å²) in [7, 11) is 0. The molecule has 2 saturated heterocycles. The minimum Gasteiger partial charge on any atom is -0.381 e. The van der Waals surface area contributed by atoms with Crippen LogP contribution in [0.2, 0.25) is 0 Å². The third-order valence-corrected chi connectivity index (χ3v) is 5.77. The normalized spacial score (nSPS) is 24.2. The van der Waals surface area contributed by atoms with Gasteiger partial charge in [0.2, 0.25) is 0 Å². The number of aromatic amines is 1. The van der Waals surface area contributed by atoms with E-state index in [1.54, 1.807) is 6.20 Å². The van der Waals surface area contributed by atoms with E-state index in [9.17, 15) is 13.2 Å². The Bertz CT molecular complexity index is 767. The van der Waals surface area contributed by atoms with E-state index in [1.165, 1.54) is 0 Å². The fourth-order valence-corrected chi connectivity index (χ4v) is 4.50. The summed E-state index contributed by atoms with van der Waals surface area (Å²) in [4.78, 5) is 6.33. The number of piperidine rings is 1. The van der Waals surface area contributed by atoms with E-state index >= 15 is 0 Å². The zero-order valence-corrected chi connectivity index (χ0v) is 14.1. The van der Waals surface area contributed by atoms with E-state index in [0.717, 1.165) is 16.8 Å². The SMILES string of the molecule is Cc1[nH]nc2nccc(N3CCC(C(F)(F)F)C4(CCOCC4)C3)c12. The quantitative estimate of drug-likeness (QED) is 0.852. The number of hydrogen-bond acceptors (Lipinski definition) is 4. The summed E-state index contributed by atoms with van der Waals surface area (Å²) < 4.78 is 46.4. The first-order chi connectivity index (χ1) is 11.9. The van der Waals surface area contributed by atoms with E-state index in [1.807, 2.05) is 13.0 Å². The monoisotopic (exact) mass is 354 g/mol. The average molecular weight is 354 g/mol. The molecular formula is C17H21F3N4O. The number of pyridine rings is 1. The second kappa shape index (κ2) is 5.86. The van der Waals surface area contributed by atoms with Crippen molar-refractivity contribution < 1.29 is 17.9 Å². The van der Waals surface area contributed by atoms with Gasteiger partial charge in [0.05, 0.1) is 17.0 Å². The van der Waals surface area contributed by atoms with Gasteiger partial charge in [0, 0.05) is 43.6 Å². The molecule has 1 atom stereocenters. The molecule has 4 rings (SSSR count). The van der Waals surface area contributed by atoms with Crippen LogP contribution in [0.25, 0.3) is 11.0 Å². The standard InChI is InChI=1S/C17H21F3N4O/c1-11-14-12(2-6-21-15(14)23-22-11)24-7-3-13(17(18,19)20)16(10-24)4-8-25-9-5-16/h2,6,13H,3-5,7-10H2,1H3,(H,21,22,23). The number of aromatic nitrogens is 3. The van der Waals surface area contributed by atoms with Gasteiger partial charge >= 0.3 is 6.18 Å². The van der Waals surface area contributed by atoms with Crippen LogP contribution in [-0.2, 0) is 4.74 Å². The van der Waals surface area contributed by atoms with Gasteiger partial charge < -0.3 is 9.64 Å². The fraction of sp³-hybridized carbons (Fsp3) is 0.647. The van der Waals surface area contributed by atoms with Crippen LogP contribution in [0.1, 0.15) is 25.0 Å². The van der Waals surface area contributed by atoms with Gasteiger partial charge in [-0.1, -0.05) is 0 Å². The summed E-state index contributed by atoms with van der Waals surface area (Å²) in [5.41, 5.74) is 1.64. The van der Waals surface area contributed by atoms with Gasteiger partial charge in [-0.05, 0) is 32.3 Å². The zero-order chi connectivity index (χ0) is 17.7. The molecule has 1 spiro atoms. The topological polar surface area (TPSA) is 54.0 Å². The lowest BCUT2D eigenvalue weighted by Crippen LogP contribution is -2.55. The lowest BCUT2D eigenvalue weighted by Gasteiger charge is -2.51. The van der Waals surface area contributed by atoms with Gasteiger partial charge in [-0.25, -0.2) is 4.98 Å². The fourth-order valence-electron chi connectivity index (χ4n) is 4.50. The number of H-pyrrole nitrogens is 1. The summed E-state index contributed by atoms with van der Waals surface area (Å²) in [5.74, 6) is -1.26. The number of rotatable bonds is 1. The van der Waals surface area contributed by atoms with Crippen LogP contribution >= 0.6 is 0 Å². The van der Waals surface area contributed by atoms with Crippen LogP contribution < -0.4 is 4.90 Å². The van der Waals surface area contributed by atoms with E-state index in [-0.39, 0.29) is 6.42 Å². The van der Waals surface area contributed by atoms with Crippen LogP contribution in [-0.4, -0.2) is 47.7 Å². The second-order valence-electron chi connectivity index (χ2n) is 7.16. The summed E-state index contributed by atoms with van der Waals surface area (Å²) in [6.45, 7) is 3.49. The van der Waals surface area contributed by atoms with Crippen LogP contribution in [0.4, 0.5) is 18.9 Å².